The molecule has 0 bridgehead atoms. The molecule has 9 heteroatoms. The number of oxazole rings is 1. The summed E-state index contributed by atoms with van der Waals surface area (Å²) in [6.45, 7) is 2.78. The highest BCUT2D eigenvalue weighted by molar-refractivity contribution is 5.97. The lowest BCUT2D eigenvalue weighted by Gasteiger charge is -2.30. The number of aliphatic hydroxyl groups is 1. The van der Waals surface area contributed by atoms with Crippen LogP contribution in [0, 0.1) is 6.92 Å². The molecule has 168 valence electrons. The summed E-state index contributed by atoms with van der Waals surface area (Å²) < 4.78 is 16.3. The number of hydrogen-bond donors (Lipinski definition) is 3. The zero-order valence-corrected chi connectivity index (χ0v) is 18.0. The topological polar surface area (TPSA) is 133 Å². The molecule has 1 aromatic carbocycles. The van der Waals surface area contributed by atoms with Crippen LogP contribution in [-0.2, 0) is 26.0 Å². The number of pyridine rings is 1. The van der Waals surface area contributed by atoms with Gasteiger partial charge in [0.25, 0.3) is 5.91 Å². The molecule has 32 heavy (non-hydrogen) atoms. The van der Waals surface area contributed by atoms with Crippen LogP contribution in [0.1, 0.15) is 38.5 Å². The number of rotatable bonds is 8. The van der Waals surface area contributed by atoms with Crippen molar-refractivity contribution in [1.29, 1.82) is 0 Å². The first-order valence-electron chi connectivity index (χ1n) is 10.3. The number of primary amides is 1. The minimum Gasteiger partial charge on any atom is -0.494 e. The molecule has 3 heterocycles. The van der Waals surface area contributed by atoms with Gasteiger partial charge in [0, 0.05) is 25.2 Å². The summed E-state index contributed by atoms with van der Waals surface area (Å²) in [5.41, 5.74) is 9.39. The fourth-order valence-electron chi connectivity index (χ4n) is 3.93. The summed E-state index contributed by atoms with van der Waals surface area (Å²) >= 11 is 0. The maximum absolute atomic E-state index is 11.9. The van der Waals surface area contributed by atoms with Crippen molar-refractivity contribution in [2.24, 2.45) is 5.73 Å². The average molecular weight is 438 g/mol. The van der Waals surface area contributed by atoms with Crippen LogP contribution in [-0.4, -0.2) is 40.2 Å². The van der Waals surface area contributed by atoms with Crippen LogP contribution >= 0.6 is 0 Å². The number of aryl methyl sites for hydroxylation is 1. The van der Waals surface area contributed by atoms with Crippen LogP contribution in [0.4, 0.5) is 0 Å². The molecule has 2 aromatic heterocycles. The molecule has 1 amide bonds. The number of aliphatic hydroxyl groups excluding tert-OH is 1. The summed E-state index contributed by atoms with van der Waals surface area (Å²) in [4.78, 5) is 20.1. The molecule has 4 rings (SSSR count). The van der Waals surface area contributed by atoms with Gasteiger partial charge in [-0.2, -0.15) is 0 Å². The van der Waals surface area contributed by atoms with Crippen LogP contribution in [0.2, 0.25) is 0 Å². The highest BCUT2D eigenvalue weighted by Gasteiger charge is 2.27. The van der Waals surface area contributed by atoms with Crippen molar-refractivity contribution in [3.63, 3.8) is 0 Å². The van der Waals surface area contributed by atoms with Gasteiger partial charge in [0.05, 0.1) is 30.7 Å². The number of nitrogens with one attached hydrogen (secondary N) is 1. The Hall–Kier alpha value is -3.43. The van der Waals surface area contributed by atoms with E-state index in [1.54, 1.807) is 6.20 Å². The summed E-state index contributed by atoms with van der Waals surface area (Å²) in [5.74, 6) is 1.14. The Labute approximate surface area is 185 Å². The molecule has 0 spiro atoms. The standard InChI is InChI=1S/C23H26N4O5/c1-13-21(32-12-27-13)11-31-17-4-3-14-6-18(26-9-15(14)5-17)19(28)7-16-8-25-10-20(30-2)22(16)23(24)29/h3-5,8,10,12,18-19,26,28H,6-7,9,11H2,1-2H3,(H2,24,29)/t18-,19+/m0/s1. The minimum atomic E-state index is -0.736. The zero-order chi connectivity index (χ0) is 22.7. The predicted octanol–water partition coefficient (Wildman–Crippen LogP) is 1.68. The summed E-state index contributed by atoms with van der Waals surface area (Å²) in [7, 11) is 1.45. The molecule has 0 saturated carbocycles. The molecule has 0 fully saturated rings. The number of nitrogens with two attached hydrogens (primary N) is 1. The van der Waals surface area contributed by atoms with E-state index in [9.17, 15) is 9.90 Å². The van der Waals surface area contributed by atoms with E-state index in [0.717, 1.165) is 22.6 Å². The monoisotopic (exact) mass is 438 g/mol. The molecule has 0 aliphatic carbocycles. The summed E-state index contributed by atoms with van der Waals surface area (Å²) in [5, 5.41) is 14.2. The number of nitrogens with zero attached hydrogens (tertiary/aromatic N) is 2. The molecule has 2 atom stereocenters. The second-order valence-electron chi connectivity index (χ2n) is 7.78. The van der Waals surface area contributed by atoms with Crippen molar-refractivity contribution in [3.8, 4) is 11.5 Å². The van der Waals surface area contributed by atoms with Gasteiger partial charge < -0.3 is 30.0 Å². The lowest BCUT2D eigenvalue weighted by Crippen LogP contribution is -2.45. The molecule has 4 N–H and O–H groups in total. The third-order valence-electron chi connectivity index (χ3n) is 5.74. The van der Waals surface area contributed by atoms with Gasteiger partial charge in [-0.15, -0.1) is 0 Å². The third kappa shape index (κ3) is 4.58. The van der Waals surface area contributed by atoms with E-state index in [2.05, 4.69) is 15.3 Å². The molecule has 0 saturated heterocycles. The van der Waals surface area contributed by atoms with Crippen molar-refractivity contribution in [1.82, 2.24) is 15.3 Å². The van der Waals surface area contributed by atoms with E-state index < -0.39 is 12.0 Å². The smallest absolute Gasteiger partial charge is 0.252 e. The normalized spacial score (nSPS) is 16.3. The van der Waals surface area contributed by atoms with E-state index in [-0.39, 0.29) is 18.0 Å². The number of fused-ring (bicyclic) bond motifs is 1. The van der Waals surface area contributed by atoms with Gasteiger partial charge in [-0.1, -0.05) is 6.07 Å². The lowest BCUT2D eigenvalue weighted by atomic mass is 9.90. The first-order valence-corrected chi connectivity index (χ1v) is 10.3. The van der Waals surface area contributed by atoms with Gasteiger partial charge in [-0.3, -0.25) is 9.78 Å². The molecule has 0 unspecified atom stereocenters. The first-order chi connectivity index (χ1) is 15.5. The second kappa shape index (κ2) is 9.37. The van der Waals surface area contributed by atoms with Crippen molar-refractivity contribution >= 4 is 5.91 Å². The highest BCUT2D eigenvalue weighted by atomic mass is 16.5. The van der Waals surface area contributed by atoms with E-state index in [4.69, 9.17) is 19.6 Å². The van der Waals surface area contributed by atoms with E-state index in [1.807, 2.05) is 25.1 Å². The Bertz CT molecular complexity index is 1110. The predicted molar refractivity (Wildman–Crippen MR) is 115 cm³/mol. The molecule has 3 aromatic rings. The largest absolute Gasteiger partial charge is 0.494 e. The number of benzene rings is 1. The second-order valence-corrected chi connectivity index (χ2v) is 7.78. The van der Waals surface area contributed by atoms with Gasteiger partial charge in [0.15, 0.2) is 12.2 Å². The number of methoxy groups -OCH3 is 1. The average Bonchev–Trinajstić information content (AvgIpc) is 3.21. The van der Waals surface area contributed by atoms with Crippen LogP contribution < -0.4 is 20.5 Å². The molecule has 0 radical (unpaired) electrons. The van der Waals surface area contributed by atoms with Gasteiger partial charge in [-0.25, -0.2) is 4.98 Å². The van der Waals surface area contributed by atoms with Crippen molar-refractivity contribution < 1.29 is 23.8 Å². The third-order valence-corrected chi connectivity index (χ3v) is 5.74. The fraction of sp³-hybridized carbons (Fsp3) is 0.348. The molecule has 1 aliphatic heterocycles. The number of carbonyl (C=O) groups is 1. The Morgan fingerprint density at radius 1 is 1.38 bits per heavy atom. The Kier molecular flexibility index (Phi) is 6.38. The van der Waals surface area contributed by atoms with E-state index >= 15 is 0 Å². The summed E-state index contributed by atoms with van der Waals surface area (Å²) in [6.07, 6.45) is 4.52. The Morgan fingerprint density at radius 2 is 2.22 bits per heavy atom. The van der Waals surface area contributed by atoms with Gasteiger partial charge in [0.1, 0.15) is 18.1 Å². The quantitative estimate of drug-likeness (QED) is 0.484. The van der Waals surface area contributed by atoms with Gasteiger partial charge in [0.2, 0.25) is 0 Å². The maximum Gasteiger partial charge on any atom is 0.252 e. The fourth-order valence-corrected chi connectivity index (χ4v) is 3.93. The summed E-state index contributed by atoms with van der Waals surface area (Å²) in [6, 6.07) is 5.74. The Morgan fingerprint density at radius 3 is 2.94 bits per heavy atom. The van der Waals surface area contributed by atoms with Crippen molar-refractivity contribution in [3.05, 3.63) is 70.7 Å². The van der Waals surface area contributed by atoms with Crippen LogP contribution in [0.5, 0.6) is 11.5 Å². The zero-order valence-electron chi connectivity index (χ0n) is 18.0. The van der Waals surface area contributed by atoms with E-state index in [0.29, 0.717) is 36.6 Å². The molecular weight excluding hydrogens is 412 g/mol. The van der Waals surface area contributed by atoms with Crippen molar-refractivity contribution in [2.75, 3.05) is 7.11 Å². The number of amides is 1. The Balaban J connectivity index is 1.42. The van der Waals surface area contributed by atoms with E-state index in [1.165, 1.54) is 19.7 Å². The number of carbonyl (C=O) groups excluding carboxylic acids is 1. The molecule has 1 aliphatic rings. The van der Waals surface area contributed by atoms with Crippen LogP contribution in [0.15, 0.2) is 41.4 Å². The van der Waals surface area contributed by atoms with Crippen molar-refractivity contribution in [2.45, 2.75) is 45.1 Å². The highest BCUT2D eigenvalue weighted by Crippen LogP contribution is 2.26. The molecule has 9 nitrogen and oxygen atoms in total. The number of aromatic nitrogens is 2. The van der Waals surface area contributed by atoms with Gasteiger partial charge >= 0.3 is 0 Å². The lowest BCUT2D eigenvalue weighted by molar-refractivity contribution is 0.0992. The van der Waals surface area contributed by atoms with Crippen LogP contribution in [0.3, 0.4) is 0 Å². The number of ether oxygens (including phenoxy) is 2. The van der Waals surface area contributed by atoms with Crippen LogP contribution in [0.25, 0.3) is 0 Å². The first kappa shape index (κ1) is 21.8. The SMILES string of the molecule is COc1cncc(C[C@@H](O)[C@@H]2Cc3ccc(OCc4ocnc4C)cc3CN2)c1C(N)=O. The number of hydrogen-bond acceptors (Lipinski definition) is 8. The maximum atomic E-state index is 11.9. The van der Waals surface area contributed by atoms with Gasteiger partial charge in [-0.05, 0) is 42.2 Å². The minimum absolute atomic E-state index is 0.182. The molecular formula is C23H26N4O5.